The molecule has 6 nitrogen and oxygen atoms in total. The quantitative estimate of drug-likeness (QED) is 0.744. The molecule has 1 N–H and O–H groups in total. The number of aryl methyl sites for hydroxylation is 1. The SMILES string of the molecule is Cc1nnc(NC(=O)N(C)CC=O)s1. The highest BCUT2D eigenvalue weighted by atomic mass is 32.1. The molecule has 0 aliphatic carbocycles. The summed E-state index contributed by atoms with van der Waals surface area (Å²) in [5.74, 6) is 0. The lowest BCUT2D eigenvalue weighted by atomic mass is 10.6. The van der Waals surface area contributed by atoms with Crippen LogP contribution < -0.4 is 5.32 Å². The van der Waals surface area contributed by atoms with Crippen LogP contribution in [0.15, 0.2) is 0 Å². The zero-order valence-electron chi connectivity index (χ0n) is 7.85. The van der Waals surface area contributed by atoms with Gasteiger partial charge < -0.3 is 9.69 Å². The van der Waals surface area contributed by atoms with Gasteiger partial charge in [-0.2, -0.15) is 0 Å². The number of rotatable bonds is 3. The highest BCUT2D eigenvalue weighted by molar-refractivity contribution is 7.15. The number of hydrogen-bond acceptors (Lipinski definition) is 5. The van der Waals surface area contributed by atoms with Crippen LogP contribution in [-0.2, 0) is 4.79 Å². The summed E-state index contributed by atoms with van der Waals surface area (Å²) in [5, 5.41) is 11.2. The first-order valence-electron chi connectivity index (χ1n) is 3.89. The van der Waals surface area contributed by atoms with Gasteiger partial charge in [0.25, 0.3) is 0 Å². The number of hydrogen-bond donors (Lipinski definition) is 1. The van der Waals surface area contributed by atoms with Gasteiger partial charge in [0.15, 0.2) is 0 Å². The Morgan fingerprint density at radius 3 is 2.86 bits per heavy atom. The molecule has 0 spiro atoms. The van der Waals surface area contributed by atoms with Crippen molar-refractivity contribution in [3.8, 4) is 0 Å². The largest absolute Gasteiger partial charge is 0.323 e. The molecule has 0 bridgehead atoms. The second-order valence-electron chi connectivity index (χ2n) is 2.60. The van der Waals surface area contributed by atoms with Crippen LogP contribution in [0.5, 0.6) is 0 Å². The van der Waals surface area contributed by atoms with Crippen molar-refractivity contribution in [3.63, 3.8) is 0 Å². The predicted octanol–water partition coefficient (Wildman–Crippen LogP) is 0.509. The number of aromatic nitrogens is 2. The minimum absolute atomic E-state index is 0.0591. The standard InChI is InChI=1S/C7H10N4O2S/c1-5-9-10-6(14-5)8-7(13)11(2)3-4-12/h4H,3H2,1-2H3,(H,8,10,13). The number of nitrogens with zero attached hydrogens (tertiary/aromatic N) is 3. The maximum Gasteiger partial charge on any atom is 0.323 e. The lowest BCUT2D eigenvalue weighted by molar-refractivity contribution is -0.108. The second-order valence-corrected chi connectivity index (χ2v) is 3.79. The summed E-state index contributed by atoms with van der Waals surface area (Å²) in [6.45, 7) is 1.85. The summed E-state index contributed by atoms with van der Waals surface area (Å²) in [5.41, 5.74) is 0. The number of amides is 2. The van der Waals surface area contributed by atoms with Crippen molar-refractivity contribution in [2.75, 3.05) is 18.9 Å². The third-order valence-electron chi connectivity index (χ3n) is 1.43. The monoisotopic (exact) mass is 214 g/mol. The van der Waals surface area contributed by atoms with E-state index in [1.165, 1.54) is 23.3 Å². The maximum absolute atomic E-state index is 11.3. The molecule has 0 saturated heterocycles. The van der Waals surface area contributed by atoms with E-state index in [1.54, 1.807) is 6.92 Å². The van der Waals surface area contributed by atoms with Crippen LogP contribution in [0.25, 0.3) is 0 Å². The van der Waals surface area contributed by atoms with Gasteiger partial charge in [-0.3, -0.25) is 5.32 Å². The van der Waals surface area contributed by atoms with Gasteiger partial charge in [-0.15, -0.1) is 10.2 Å². The van der Waals surface area contributed by atoms with Crippen LogP contribution in [-0.4, -0.2) is 41.0 Å². The Balaban J connectivity index is 2.52. The Kier molecular flexibility index (Phi) is 3.52. The van der Waals surface area contributed by atoms with E-state index in [0.29, 0.717) is 11.4 Å². The minimum Gasteiger partial charge on any atom is -0.321 e. The smallest absolute Gasteiger partial charge is 0.321 e. The van der Waals surface area contributed by atoms with E-state index in [4.69, 9.17) is 0 Å². The summed E-state index contributed by atoms with van der Waals surface area (Å²) < 4.78 is 0. The molecule has 0 saturated carbocycles. The number of likely N-dealkylation sites (N-methyl/N-ethyl adjacent to an activating group) is 1. The molecule has 1 heterocycles. The van der Waals surface area contributed by atoms with Crippen molar-refractivity contribution >= 4 is 28.8 Å². The van der Waals surface area contributed by atoms with Crippen LogP contribution >= 0.6 is 11.3 Å². The van der Waals surface area contributed by atoms with E-state index in [9.17, 15) is 9.59 Å². The van der Waals surface area contributed by atoms with Crippen molar-refractivity contribution in [2.24, 2.45) is 0 Å². The third kappa shape index (κ3) is 2.77. The number of carbonyl (C=O) groups excluding carboxylic acids is 2. The number of nitrogens with one attached hydrogen (secondary N) is 1. The molecule has 0 aliphatic heterocycles. The Morgan fingerprint density at radius 1 is 1.64 bits per heavy atom. The molecule has 0 unspecified atom stereocenters. The van der Waals surface area contributed by atoms with E-state index in [0.717, 1.165) is 5.01 Å². The van der Waals surface area contributed by atoms with Crippen LogP contribution in [0, 0.1) is 6.92 Å². The van der Waals surface area contributed by atoms with Crippen LogP contribution in [0.4, 0.5) is 9.93 Å². The Hall–Kier alpha value is -1.50. The van der Waals surface area contributed by atoms with Crippen molar-refractivity contribution < 1.29 is 9.59 Å². The number of urea groups is 1. The first-order valence-corrected chi connectivity index (χ1v) is 4.71. The maximum atomic E-state index is 11.3. The molecule has 7 heteroatoms. The molecular formula is C7H10N4O2S. The number of carbonyl (C=O) groups is 2. The van der Waals surface area contributed by atoms with Crippen molar-refractivity contribution in [2.45, 2.75) is 6.92 Å². The normalized spacial score (nSPS) is 9.57. The summed E-state index contributed by atoms with van der Waals surface area (Å²) in [6, 6.07) is -0.367. The fraction of sp³-hybridized carbons (Fsp3) is 0.429. The first kappa shape index (κ1) is 10.6. The summed E-state index contributed by atoms with van der Waals surface area (Å²) in [4.78, 5) is 22.7. The fourth-order valence-electron chi connectivity index (χ4n) is 0.729. The molecule has 1 rings (SSSR count). The minimum atomic E-state index is -0.367. The van der Waals surface area contributed by atoms with E-state index < -0.39 is 0 Å². The lowest BCUT2D eigenvalue weighted by Gasteiger charge is -2.12. The molecule has 14 heavy (non-hydrogen) atoms. The van der Waals surface area contributed by atoms with E-state index in [-0.39, 0.29) is 12.6 Å². The van der Waals surface area contributed by atoms with Crippen molar-refractivity contribution in [3.05, 3.63) is 5.01 Å². The zero-order chi connectivity index (χ0) is 10.6. The summed E-state index contributed by atoms with van der Waals surface area (Å²) in [6.07, 6.45) is 0.658. The zero-order valence-corrected chi connectivity index (χ0v) is 8.67. The highest BCUT2D eigenvalue weighted by Gasteiger charge is 2.09. The lowest BCUT2D eigenvalue weighted by Crippen LogP contribution is -2.32. The number of anilines is 1. The Labute approximate surface area is 84.9 Å². The van der Waals surface area contributed by atoms with Gasteiger partial charge in [-0.25, -0.2) is 4.79 Å². The van der Waals surface area contributed by atoms with Crippen molar-refractivity contribution in [1.82, 2.24) is 15.1 Å². The van der Waals surface area contributed by atoms with Crippen LogP contribution in [0.1, 0.15) is 5.01 Å². The molecule has 0 aromatic carbocycles. The number of aldehydes is 1. The highest BCUT2D eigenvalue weighted by Crippen LogP contribution is 2.13. The van der Waals surface area contributed by atoms with Gasteiger partial charge in [0, 0.05) is 7.05 Å². The third-order valence-corrected chi connectivity index (χ3v) is 2.19. The van der Waals surface area contributed by atoms with Crippen LogP contribution in [0.2, 0.25) is 0 Å². The first-order chi connectivity index (χ1) is 6.63. The van der Waals surface area contributed by atoms with Gasteiger partial charge >= 0.3 is 6.03 Å². The van der Waals surface area contributed by atoms with Gasteiger partial charge in [0.2, 0.25) is 5.13 Å². The predicted molar refractivity (Wildman–Crippen MR) is 52.4 cm³/mol. The summed E-state index contributed by atoms with van der Waals surface area (Å²) >= 11 is 1.28. The average Bonchev–Trinajstić information content (AvgIpc) is 2.51. The molecule has 2 amide bonds. The molecule has 76 valence electrons. The molecule has 0 atom stereocenters. The Morgan fingerprint density at radius 2 is 2.36 bits per heavy atom. The van der Waals surface area contributed by atoms with Gasteiger partial charge in [0.05, 0.1) is 6.54 Å². The molecule has 1 aromatic rings. The van der Waals surface area contributed by atoms with Crippen LogP contribution in [0.3, 0.4) is 0 Å². The Bertz CT molecular complexity index is 338. The topological polar surface area (TPSA) is 75.2 Å². The molecule has 1 aromatic heterocycles. The molecule has 0 fully saturated rings. The van der Waals surface area contributed by atoms with E-state index >= 15 is 0 Å². The van der Waals surface area contributed by atoms with E-state index in [1.807, 2.05) is 0 Å². The molecular weight excluding hydrogens is 204 g/mol. The van der Waals surface area contributed by atoms with Crippen molar-refractivity contribution in [1.29, 1.82) is 0 Å². The van der Waals surface area contributed by atoms with Gasteiger partial charge in [-0.1, -0.05) is 11.3 Å². The van der Waals surface area contributed by atoms with Gasteiger partial charge in [0.1, 0.15) is 11.3 Å². The summed E-state index contributed by atoms with van der Waals surface area (Å²) in [7, 11) is 1.53. The molecule has 0 radical (unpaired) electrons. The molecule has 0 aliphatic rings. The average molecular weight is 214 g/mol. The second kappa shape index (κ2) is 4.66. The van der Waals surface area contributed by atoms with E-state index in [2.05, 4.69) is 15.5 Å². The van der Waals surface area contributed by atoms with Gasteiger partial charge in [-0.05, 0) is 6.92 Å². The fourth-order valence-corrected chi connectivity index (χ4v) is 1.31.